The van der Waals surface area contributed by atoms with Crippen LogP contribution in [0.25, 0.3) is 27.9 Å². The third-order valence-corrected chi connectivity index (χ3v) is 5.25. The molecule has 0 bridgehead atoms. The van der Waals surface area contributed by atoms with Gasteiger partial charge in [-0.3, -0.25) is 5.10 Å². The highest BCUT2D eigenvalue weighted by atomic mass is 35.5. The van der Waals surface area contributed by atoms with Crippen molar-refractivity contribution in [2.45, 2.75) is 6.92 Å². The van der Waals surface area contributed by atoms with Crippen LogP contribution in [0.1, 0.15) is 11.3 Å². The zero-order valence-electron chi connectivity index (χ0n) is 16.9. The van der Waals surface area contributed by atoms with E-state index >= 15 is 0 Å². The lowest BCUT2D eigenvalue weighted by molar-refractivity contribution is 0.585. The smallest absolute Gasteiger partial charge is 0.128 e. The Morgan fingerprint density at radius 1 is 1.06 bits per heavy atom. The Labute approximate surface area is 192 Å². The van der Waals surface area contributed by atoms with Gasteiger partial charge in [0.05, 0.1) is 28.7 Å². The molecular formula is C21H22Cl2N8. The number of nitrogens with zero attached hydrogens (tertiary/aromatic N) is 6. The molecule has 4 aromatic heterocycles. The fraction of sp³-hybridized carbons (Fsp3) is 0.238. The van der Waals surface area contributed by atoms with E-state index in [4.69, 9.17) is 4.98 Å². The largest absolute Gasteiger partial charge is 0.354 e. The summed E-state index contributed by atoms with van der Waals surface area (Å²) < 4.78 is 1.75. The van der Waals surface area contributed by atoms with Crippen molar-refractivity contribution in [2.75, 3.05) is 31.1 Å². The summed E-state index contributed by atoms with van der Waals surface area (Å²) in [5, 5.41) is 24.6. The number of nitrogens with one attached hydrogen (secondary N) is 2. The van der Waals surface area contributed by atoms with E-state index in [9.17, 15) is 5.26 Å². The van der Waals surface area contributed by atoms with Gasteiger partial charge in [-0.15, -0.1) is 24.8 Å². The lowest BCUT2D eigenvalue weighted by atomic mass is 10.0. The van der Waals surface area contributed by atoms with Crippen LogP contribution in [0.3, 0.4) is 0 Å². The number of fused-ring (bicyclic) bond motifs is 1. The molecule has 1 saturated heterocycles. The number of aromatic amines is 1. The molecule has 0 saturated carbocycles. The van der Waals surface area contributed by atoms with Crippen molar-refractivity contribution >= 4 is 36.1 Å². The Bertz CT molecular complexity index is 1220. The summed E-state index contributed by atoms with van der Waals surface area (Å²) in [5.41, 5.74) is 5.97. The Balaban J connectivity index is 0.00000136. The van der Waals surface area contributed by atoms with Crippen molar-refractivity contribution < 1.29 is 0 Å². The summed E-state index contributed by atoms with van der Waals surface area (Å²) in [7, 11) is 0. The maximum Gasteiger partial charge on any atom is 0.128 e. The topological polar surface area (TPSA) is 97.9 Å². The zero-order valence-corrected chi connectivity index (χ0v) is 18.5. The highest BCUT2D eigenvalue weighted by Gasteiger charge is 2.16. The Kier molecular flexibility index (Phi) is 6.81. The first-order valence-corrected chi connectivity index (χ1v) is 9.59. The van der Waals surface area contributed by atoms with Crippen LogP contribution in [0.4, 0.5) is 5.82 Å². The van der Waals surface area contributed by atoms with Gasteiger partial charge in [0.25, 0.3) is 0 Å². The number of nitriles is 1. The molecule has 0 unspecified atom stereocenters. The van der Waals surface area contributed by atoms with E-state index in [0.717, 1.165) is 65.6 Å². The van der Waals surface area contributed by atoms with Gasteiger partial charge >= 0.3 is 0 Å². The average molecular weight is 457 g/mol. The number of pyridine rings is 2. The first-order valence-electron chi connectivity index (χ1n) is 9.59. The minimum Gasteiger partial charge on any atom is -0.354 e. The van der Waals surface area contributed by atoms with Crippen molar-refractivity contribution in [3.05, 3.63) is 54.1 Å². The fourth-order valence-electron chi connectivity index (χ4n) is 3.77. The van der Waals surface area contributed by atoms with E-state index in [2.05, 4.69) is 43.7 Å². The molecule has 0 aromatic carbocycles. The number of H-pyrrole nitrogens is 1. The van der Waals surface area contributed by atoms with Gasteiger partial charge in [-0.2, -0.15) is 15.5 Å². The van der Waals surface area contributed by atoms with Crippen molar-refractivity contribution in [1.29, 1.82) is 5.26 Å². The first kappa shape index (κ1) is 22.6. The van der Waals surface area contributed by atoms with Crippen LogP contribution in [0.2, 0.25) is 0 Å². The quantitative estimate of drug-likeness (QED) is 0.490. The summed E-state index contributed by atoms with van der Waals surface area (Å²) in [6.45, 7) is 5.78. The highest BCUT2D eigenvalue weighted by molar-refractivity contribution is 5.87. The summed E-state index contributed by atoms with van der Waals surface area (Å²) in [6, 6.07) is 10.4. The predicted molar refractivity (Wildman–Crippen MR) is 125 cm³/mol. The molecule has 160 valence electrons. The summed E-state index contributed by atoms with van der Waals surface area (Å²) in [6.07, 6.45) is 5.39. The van der Waals surface area contributed by atoms with E-state index in [1.54, 1.807) is 10.7 Å². The van der Waals surface area contributed by atoms with Crippen molar-refractivity contribution in [1.82, 2.24) is 30.1 Å². The molecule has 2 N–H and O–H groups in total. The maximum atomic E-state index is 9.55. The second-order valence-corrected chi connectivity index (χ2v) is 7.17. The van der Waals surface area contributed by atoms with Crippen LogP contribution in [0.15, 0.2) is 42.9 Å². The van der Waals surface area contributed by atoms with Gasteiger partial charge in [0.2, 0.25) is 0 Å². The molecule has 0 spiro atoms. The second-order valence-electron chi connectivity index (χ2n) is 7.17. The third kappa shape index (κ3) is 4.21. The fourth-order valence-corrected chi connectivity index (χ4v) is 3.77. The molecule has 5 heterocycles. The number of aromatic nitrogens is 5. The van der Waals surface area contributed by atoms with Crippen molar-refractivity contribution in [3.63, 3.8) is 0 Å². The van der Waals surface area contributed by atoms with E-state index in [1.807, 2.05) is 31.5 Å². The summed E-state index contributed by atoms with van der Waals surface area (Å²) in [5.74, 6) is 0.973. The van der Waals surface area contributed by atoms with Gasteiger partial charge in [0.15, 0.2) is 0 Å². The van der Waals surface area contributed by atoms with Crippen LogP contribution < -0.4 is 10.2 Å². The average Bonchev–Trinajstić information content (AvgIpc) is 3.40. The lowest BCUT2D eigenvalue weighted by Gasteiger charge is -2.28. The minimum absolute atomic E-state index is 0. The van der Waals surface area contributed by atoms with E-state index in [-0.39, 0.29) is 24.8 Å². The van der Waals surface area contributed by atoms with Gasteiger partial charge in [-0.25, -0.2) is 9.50 Å². The van der Waals surface area contributed by atoms with Crippen LogP contribution in [-0.4, -0.2) is 51.0 Å². The molecule has 1 fully saturated rings. The maximum absolute atomic E-state index is 9.55. The monoisotopic (exact) mass is 456 g/mol. The molecule has 0 amide bonds. The molecule has 0 atom stereocenters. The van der Waals surface area contributed by atoms with Gasteiger partial charge < -0.3 is 10.2 Å². The van der Waals surface area contributed by atoms with E-state index in [1.165, 1.54) is 0 Å². The van der Waals surface area contributed by atoms with Crippen LogP contribution >= 0.6 is 24.8 Å². The predicted octanol–water partition coefficient (Wildman–Crippen LogP) is 3.22. The molecular weight excluding hydrogens is 435 g/mol. The number of piperazine rings is 1. The number of rotatable bonds is 3. The molecule has 5 rings (SSSR count). The molecule has 0 aliphatic carbocycles. The third-order valence-electron chi connectivity index (χ3n) is 5.25. The van der Waals surface area contributed by atoms with Crippen molar-refractivity contribution in [3.8, 4) is 28.5 Å². The molecule has 1 aliphatic rings. The second kappa shape index (κ2) is 9.35. The molecule has 31 heavy (non-hydrogen) atoms. The molecule has 8 nitrogen and oxygen atoms in total. The highest BCUT2D eigenvalue weighted by Crippen LogP contribution is 2.32. The van der Waals surface area contributed by atoms with E-state index < -0.39 is 0 Å². The minimum atomic E-state index is 0. The number of halogens is 2. The summed E-state index contributed by atoms with van der Waals surface area (Å²) >= 11 is 0. The Morgan fingerprint density at radius 2 is 1.87 bits per heavy atom. The van der Waals surface area contributed by atoms with E-state index in [0.29, 0.717) is 5.56 Å². The number of hydrogen-bond acceptors (Lipinski definition) is 6. The molecule has 4 aromatic rings. The van der Waals surface area contributed by atoms with Gasteiger partial charge in [0.1, 0.15) is 11.9 Å². The van der Waals surface area contributed by atoms with Crippen LogP contribution in [-0.2, 0) is 0 Å². The SMILES string of the molecule is Cc1cc(-c2cc(-c3ccc(N4CCNCC4)nc3)c3c(C#N)cnn3c2)[nH]n1.Cl.Cl. The normalized spacial score (nSPS) is 13.4. The van der Waals surface area contributed by atoms with Crippen LogP contribution in [0, 0.1) is 18.3 Å². The summed E-state index contributed by atoms with van der Waals surface area (Å²) in [4.78, 5) is 6.97. The number of hydrogen-bond donors (Lipinski definition) is 2. The molecule has 0 radical (unpaired) electrons. The first-order chi connectivity index (χ1) is 14.2. The van der Waals surface area contributed by atoms with Gasteiger partial charge in [-0.1, -0.05) is 0 Å². The Morgan fingerprint density at radius 3 is 2.52 bits per heavy atom. The van der Waals surface area contributed by atoms with Crippen LogP contribution in [0.5, 0.6) is 0 Å². The molecule has 10 heteroatoms. The number of anilines is 1. The standard InChI is InChI=1S/C21H20N8.2ClH/c1-14-8-19(27-26-14)16-9-18(21-17(10-22)12-25-29(21)13-16)15-2-3-20(24-11-15)28-6-4-23-5-7-28;;/h2-3,8-9,11-13,23H,4-7H2,1H3,(H,26,27);2*1H. The Hall–Kier alpha value is -3.12. The molecule has 1 aliphatic heterocycles. The zero-order chi connectivity index (χ0) is 19.8. The van der Waals surface area contributed by atoms with Crippen molar-refractivity contribution in [2.24, 2.45) is 0 Å². The number of aryl methyl sites for hydroxylation is 1. The van der Waals surface area contributed by atoms with Gasteiger partial charge in [0, 0.05) is 55.3 Å². The lowest BCUT2D eigenvalue weighted by Crippen LogP contribution is -2.43. The van der Waals surface area contributed by atoms with Gasteiger partial charge in [-0.05, 0) is 31.2 Å².